The van der Waals surface area contributed by atoms with Crippen molar-refractivity contribution in [2.24, 2.45) is 0 Å². The molecule has 3 aromatic heterocycles. The summed E-state index contributed by atoms with van der Waals surface area (Å²) >= 11 is 1.75. The molecule has 3 aromatic rings. The molecule has 3 fully saturated rings. The minimum absolute atomic E-state index is 0.621. The van der Waals surface area contributed by atoms with Gasteiger partial charge in [0.2, 0.25) is 5.95 Å². The van der Waals surface area contributed by atoms with E-state index in [-0.39, 0.29) is 0 Å². The molecule has 6 rings (SSSR count). The average molecular weight is 484 g/mol. The highest BCUT2D eigenvalue weighted by Gasteiger charge is 2.28. The van der Waals surface area contributed by atoms with Gasteiger partial charge in [0.1, 0.15) is 5.82 Å². The highest BCUT2D eigenvalue weighted by molar-refractivity contribution is 7.17. The molecular weight excluding hydrogens is 450 g/mol. The van der Waals surface area contributed by atoms with Gasteiger partial charge in [-0.1, -0.05) is 0 Å². The number of aryl methyl sites for hydroxylation is 2. The van der Waals surface area contributed by atoms with Gasteiger partial charge in [-0.25, -0.2) is 9.97 Å². The van der Waals surface area contributed by atoms with Crippen LogP contribution in [-0.4, -0.2) is 101 Å². The Hall–Kier alpha value is -2.11. The van der Waals surface area contributed by atoms with E-state index in [1.807, 2.05) is 13.8 Å². The van der Waals surface area contributed by atoms with Crippen molar-refractivity contribution in [2.45, 2.75) is 32.9 Å². The summed E-state index contributed by atoms with van der Waals surface area (Å²) in [5.74, 6) is 2.68. The van der Waals surface area contributed by atoms with E-state index in [1.54, 1.807) is 11.3 Å². The van der Waals surface area contributed by atoms with Gasteiger partial charge in [0.15, 0.2) is 5.82 Å². The number of hydrogen-bond donors (Lipinski definition) is 0. The number of hydrogen-bond acceptors (Lipinski definition) is 9. The van der Waals surface area contributed by atoms with Crippen LogP contribution in [0, 0.1) is 13.8 Å². The molecule has 0 aromatic carbocycles. The lowest BCUT2D eigenvalue weighted by atomic mass is 10.2. The molecule has 3 aliphatic heterocycles. The molecule has 0 amide bonds. The van der Waals surface area contributed by atoms with E-state index in [0.717, 1.165) is 86.0 Å². The first-order valence-corrected chi connectivity index (χ1v) is 13.2. The van der Waals surface area contributed by atoms with E-state index in [0.29, 0.717) is 19.3 Å². The number of aromatic nitrogens is 4. The molecule has 6 heterocycles. The molecule has 9 nitrogen and oxygen atoms in total. The van der Waals surface area contributed by atoms with E-state index in [9.17, 15) is 0 Å². The maximum Gasteiger partial charge on any atom is 0.228 e. The van der Waals surface area contributed by atoms with E-state index in [4.69, 9.17) is 19.4 Å². The summed E-state index contributed by atoms with van der Waals surface area (Å²) < 4.78 is 14.3. The van der Waals surface area contributed by atoms with Gasteiger partial charge in [0.05, 0.1) is 48.4 Å². The highest BCUT2D eigenvalue weighted by atomic mass is 32.1. The van der Waals surface area contributed by atoms with Crippen molar-refractivity contribution in [3.63, 3.8) is 0 Å². The molecule has 10 heteroatoms. The topological polar surface area (TPSA) is 71.8 Å². The summed E-state index contributed by atoms with van der Waals surface area (Å²) in [5.41, 5.74) is 3.38. The van der Waals surface area contributed by atoms with Gasteiger partial charge in [0, 0.05) is 44.5 Å². The average Bonchev–Trinajstić information content (AvgIpc) is 3.28. The quantitative estimate of drug-likeness (QED) is 0.547. The zero-order valence-corrected chi connectivity index (χ0v) is 20.9. The lowest BCUT2D eigenvalue weighted by Gasteiger charge is -2.36. The van der Waals surface area contributed by atoms with Gasteiger partial charge < -0.3 is 14.4 Å². The fourth-order valence-electron chi connectivity index (χ4n) is 5.14. The molecule has 0 aliphatic carbocycles. The van der Waals surface area contributed by atoms with Crippen LogP contribution in [0.4, 0.5) is 5.95 Å². The molecule has 0 radical (unpaired) electrons. The standard InChI is InChI=1S/C24H33N7O2S/c1-17-12-31(18(2)25-17)23-22-21(26-24(27-23)30-8-10-32-11-9-30)19(16-34-22)13-28-4-3-5-29(7-6-28)20-14-33-15-20/h12,16,20H,3-11,13-15H2,1-2H3. The highest BCUT2D eigenvalue weighted by Crippen LogP contribution is 2.33. The molecule has 0 saturated carbocycles. The van der Waals surface area contributed by atoms with Crippen LogP contribution in [0.15, 0.2) is 11.6 Å². The summed E-state index contributed by atoms with van der Waals surface area (Å²) in [5, 5.41) is 2.29. The molecule has 3 aliphatic rings. The maximum absolute atomic E-state index is 5.58. The zero-order chi connectivity index (χ0) is 23.1. The third-order valence-corrected chi connectivity index (χ3v) is 8.15. The Bertz CT molecular complexity index is 1150. The van der Waals surface area contributed by atoms with E-state index in [2.05, 4.69) is 35.8 Å². The maximum atomic E-state index is 5.58. The number of morpholine rings is 1. The first-order chi connectivity index (χ1) is 16.7. The number of nitrogens with zero attached hydrogens (tertiary/aromatic N) is 7. The molecule has 0 atom stereocenters. The number of rotatable bonds is 5. The molecular formula is C24H33N7O2S. The summed E-state index contributed by atoms with van der Waals surface area (Å²) in [6.45, 7) is 14.3. The number of ether oxygens (including phenoxy) is 2. The van der Waals surface area contributed by atoms with Crippen LogP contribution >= 0.6 is 11.3 Å². The van der Waals surface area contributed by atoms with E-state index in [1.165, 1.54) is 18.5 Å². The van der Waals surface area contributed by atoms with Gasteiger partial charge in [0.25, 0.3) is 0 Å². The first kappa shape index (κ1) is 22.4. The smallest absolute Gasteiger partial charge is 0.228 e. The van der Waals surface area contributed by atoms with Gasteiger partial charge >= 0.3 is 0 Å². The van der Waals surface area contributed by atoms with E-state index >= 15 is 0 Å². The largest absolute Gasteiger partial charge is 0.378 e. The predicted molar refractivity (Wildman–Crippen MR) is 133 cm³/mol. The predicted octanol–water partition coefficient (Wildman–Crippen LogP) is 2.24. The first-order valence-electron chi connectivity index (χ1n) is 12.3. The minimum Gasteiger partial charge on any atom is -0.378 e. The van der Waals surface area contributed by atoms with Crippen molar-refractivity contribution in [3.05, 3.63) is 28.7 Å². The van der Waals surface area contributed by atoms with Crippen molar-refractivity contribution in [2.75, 3.05) is 70.6 Å². The minimum atomic E-state index is 0.621. The van der Waals surface area contributed by atoms with Crippen LogP contribution in [0.2, 0.25) is 0 Å². The number of fused-ring (bicyclic) bond motifs is 1. The Morgan fingerprint density at radius 3 is 2.56 bits per heavy atom. The fraction of sp³-hybridized carbons (Fsp3) is 0.625. The Morgan fingerprint density at radius 1 is 0.971 bits per heavy atom. The number of anilines is 1. The van der Waals surface area contributed by atoms with Crippen LogP contribution in [-0.2, 0) is 16.0 Å². The molecule has 3 saturated heterocycles. The summed E-state index contributed by atoms with van der Waals surface area (Å²) in [6.07, 6.45) is 3.28. The second kappa shape index (κ2) is 9.50. The van der Waals surface area contributed by atoms with Crippen molar-refractivity contribution in [1.82, 2.24) is 29.3 Å². The third-order valence-electron chi connectivity index (χ3n) is 7.14. The monoisotopic (exact) mass is 483 g/mol. The van der Waals surface area contributed by atoms with Gasteiger partial charge in [-0.05, 0) is 38.7 Å². The van der Waals surface area contributed by atoms with Crippen molar-refractivity contribution in [3.8, 4) is 5.82 Å². The van der Waals surface area contributed by atoms with Crippen LogP contribution in [0.1, 0.15) is 23.5 Å². The van der Waals surface area contributed by atoms with Gasteiger partial charge in [-0.15, -0.1) is 11.3 Å². The summed E-state index contributed by atoms with van der Waals surface area (Å²) in [7, 11) is 0. The van der Waals surface area contributed by atoms with Crippen LogP contribution in [0.5, 0.6) is 0 Å². The molecule has 0 N–H and O–H groups in total. The second-order valence-electron chi connectivity index (χ2n) is 9.54. The fourth-order valence-corrected chi connectivity index (χ4v) is 6.13. The van der Waals surface area contributed by atoms with Crippen LogP contribution in [0.3, 0.4) is 0 Å². The van der Waals surface area contributed by atoms with Gasteiger partial charge in [-0.3, -0.25) is 14.4 Å². The Kier molecular flexibility index (Phi) is 6.25. The van der Waals surface area contributed by atoms with Crippen LogP contribution < -0.4 is 4.90 Å². The van der Waals surface area contributed by atoms with Gasteiger partial charge in [-0.2, -0.15) is 4.98 Å². The van der Waals surface area contributed by atoms with Crippen molar-refractivity contribution < 1.29 is 9.47 Å². The van der Waals surface area contributed by atoms with Crippen molar-refractivity contribution in [1.29, 1.82) is 0 Å². The Labute approximate surface area is 204 Å². The second-order valence-corrected chi connectivity index (χ2v) is 10.4. The molecule has 0 unspecified atom stereocenters. The number of imidazole rings is 1. The third kappa shape index (κ3) is 4.33. The zero-order valence-electron chi connectivity index (χ0n) is 20.1. The molecule has 34 heavy (non-hydrogen) atoms. The summed E-state index contributed by atoms with van der Waals surface area (Å²) in [6, 6.07) is 0.621. The van der Waals surface area contributed by atoms with E-state index < -0.39 is 0 Å². The number of thiophene rings is 1. The van der Waals surface area contributed by atoms with Crippen LogP contribution in [0.25, 0.3) is 16.0 Å². The lowest BCUT2D eigenvalue weighted by molar-refractivity contribution is -0.0633. The Balaban J connectivity index is 1.32. The summed E-state index contributed by atoms with van der Waals surface area (Å²) in [4.78, 5) is 22.2. The molecule has 0 bridgehead atoms. The molecule has 0 spiro atoms. The normalized spacial score (nSPS) is 21.2. The van der Waals surface area contributed by atoms with Crippen molar-refractivity contribution >= 4 is 27.5 Å². The SMILES string of the molecule is Cc1cn(-c2nc(N3CCOCC3)nc3c(CN4CCCN(C5COC5)CC4)csc23)c(C)n1. The Morgan fingerprint density at radius 2 is 1.82 bits per heavy atom. The molecule has 182 valence electrons. The lowest BCUT2D eigenvalue weighted by Crippen LogP contribution is -2.50.